The van der Waals surface area contributed by atoms with Crippen molar-refractivity contribution >= 4 is 39.5 Å². The summed E-state index contributed by atoms with van der Waals surface area (Å²) in [5.41, 5.74) is 0. The van der Waals surface area contributed by atoms with Gasteiger partial charge in [0.25, 0.3) is 0 Å². The van der Waals surface area contributed by atoms with Gasteiger partial charge in [-0.05, 0) is 31.6 Å². The minimum absolute atomic E-state index is 0.108. The van der Waals surface area contributed by atoms with E-state index in [1.165, 1.54) is 276 Å². The Kier molecular flexibility index (Phi) is 76.3. The molecule has 17 nitrogen and oxygen atoms in total. The lowest BCUT2D eigenvalue weighted by Crippen LogP contribution is -2.30. The summed E-state index contributed by atoms with van der Waals surface area (Å²) in [4.78, 5) is 72.9. The average Bonchev–Trinajstić information content (AvgIpc) is 0.905. The van der Waals surface area contributed by atoms with Gasteiger partial charge in [0.15, 0.2) is 12.2 Å². The number of carbonyl (C=O) groups is 4. The Balaban J connectivity index is 5.09. The molecule has 0 saturated carbocycles. The minimum Gasteiger partial charge on any atom is -0.462 e. The molecule has 0 rings (SSSR count). The van der Waals surface area contributed by atoms with E-state index in [9.17, 15) is 43.2 Å². The van der Waals surface area contributed by atoms with Gasteiger partial charge in [-0.15, -0.1) is 0 Å². The monoisotopic (exact) mass is 1520 g/mol. The fraction of sp³-hybridized carbons (Fsp3) is 0.953. The van der Waals surface area contributed by atoms with E-state index in [1.54, 1.807) is 0 Å². The molecule has 0 aromatic carbocycles. The average molecular weight is 1520 g/mol. The number of unbranched alkanes of at least 4 members (excludes halogenated alkanes) is 57. The maximum atomic E-state index is 13.1. The number of hydrogen-bond acceptors (Lipinski definition) is 15. The van der Waals surface area contributed by atoms with E-state index in [0.29, 0.717) is 25.7 Å². The van der Waals surface area contributed by atoms with E-state index in [0.717, 1.165) is 102 Å². The van der Waals surface area contributed by atoms with E-state index < -0.39 is 97.5 Å². The van der Waals surface area contributed by atoms with Gasteiger partial charge in [0.1, 0.15) is 19.3 Å². The fourth-order valence-electron chi connectivity index (χ4n) is 13.3. The number of esters is 4. The summed E-state index contributed by atoms with van der Waals surface area (Å²) < 4.78 is 68.6. The molecular weight excluding hydrogens is 1350 g/mol. The number of aliphatic hydroxyl groups is 1. The molecule has 0 saturated heterocycles. The quantitative estimate of drug-likeness (QED) is 0.0222. The van der Waals surface area contributed by atoms with Crippen molar-refractivity contribution in [3.8, 4) is 0 Å². The van der Waals surface area contributed by atoms with Crippen molar-refractivity contribution in [2.45, 2.75) is 477 Å². The van der Waals surface area contributed by atoms with E-state index in [1.807, 2.05) is 0 Å². The molecule has 0 bridgehead atoms. The largest absolute Gasteiger partial charge is 0.472 e. The van der Waals surface area contributed by atoms with Gasteiger partial charge in [-0.2, -0.15) is 0 Å². The molecular formula is C85H166O17P2. The molecule has 0 heterocycles. The zero-order chi connectivity index (χ0) is 76.2. The first kappa shape index (κ1) is 102. The molecule has 0 radical (unpaired) electrons. The third-order valence-electron chi connectivity index (χ3n) is 20.0. The highest BCUT2D eigenvalue weighted by molar-refractivity contribution is 7.47. The van der Waals surface area contributed by atoms with Crippen LogP contribution in [0.2, 0.25) is 0 Å². The fourth-order valence-corrected chi connectivity index (χ4v) is 14.9. The Morgan fingerprint density at radius 2 is 0.442 bits per heavy atom. The molecule has 2 unspecified atom stereocenters. The maximum Gasteiger partial charge on any atom is 0.472 e. The Labute approximate surface area is 638 Å². The lowest BCUT2D eigenvalue weighted by Gasteiger charge is -2.21. The summed E-state index contributed by atoms with van der Waals surface area (Å²) in [5.74, 6) is -1.29. The number of phosphoric ester groups is 2. The summed E-state index contributed by atoms with van der Waals surface area (Å²) in [5, 5.41) is 10.6. The van der Waals surface area contributed by atoms with Gasteiger partial charge in [-0.25, -0.2) is 9.13 Å². The van der Waals surface area contributed by atoms with Crippen molar-refractivity contribution in [3.63, 3.8) is 0 Å². The molecule has 0 aliphatic carbocycles. The molecule has 104 heavy (non-hydrogen) atoms. The topological polar surface area (TPSA) is 237 Å². The third-order valence-corrected chi connectivity index (χ3v) is 21.9. The number of phosphoric acid groups is 2. The Morgan fingerprint density at radius 1 is 0.260 bits per heavy atom. The first-order chi connectivity index (χ1) is 50.5. The van der Waals surface area contributed by atoms with Crippen molar-refractivity contribution in [1.29, 1.82) is 0 Å². The molecule has 618 valence electrons. The second-order valence-electron chi connectivity index (χ2n) is 31.1. The maximum absolute atomic E-state index is 13.1. The zero-order valence-electron chi connectivity index (χ0n) is 68.2. The first-order valence-corrected chi connectivity index (χ1v) is 47.1. The molecule has 0 aliphatic rings. The van der Waals surface area contributed by atoms with E-state index in [2.05, 4.69) is 34.6 Å². The van der Waals surface area contributed by atoms with Gasteiger partial charge < -0.3 is 33.8 Å². The normalized spacial score (nSPS) is 13.8. The summed E-state index contributed by atoms with van der Waals surface area (Å²) in [6.45, 7) is 7.30. The molecule has 0 aromatic rings. The van der Waals surface area contributed by atoms with Crippen LogP contribution in [0.5, 0.6) is 0 Å². The molecule has 5 atom stereocenters. The van der Waals surface area contributed by atoms with Gasteiger partial charge in [0, 0.05) is 25.7 Å². The molecule has 0 amide bonds. The van der Waals surface area contributed by atoms with Crippen molar-refractivity contribution in [1.82, 2.24) is 0 Å². The highest BCUT2D eigenvalue weighted by Gasteiger charge is 2.30. The molecule has 0 aromatic heterocycles. The van der Waals surface area contributed by atoms with E-state index >= 15 is 0 Å². The van der Waals surface area contributed by atoms with Gasteiger partial charge in [-0.3, -0.25) is 37.3 Å². The SMILES string of the molecule is CCCCCCCCCCCCCCCCCCCCCC(=O)OC[C@H](COP(=O)(O)OC[C@@H](O)COP(=O)(O)OC[C@@H](COC(=O)CCCCCCC)OC(=O)CCCCCCCCCCCCCCCCCCCCC)OC(=O)CCCCCCCCCCCCCCCCCCCCC(C)C. The van der Waals surface area contributed by atoms with Crippen LogP contribution in [0.15, 0.2) is 0 Å². The van der Waals surface area contributed by atoms with Crippen LogP contribution in [-0.2, 0) is 65.4 Å². The molecule has 0 aliphatic heterocycles. The van der Waals surface area contributed by atoms with Crippen molar-refractivity contribution in [2.24, 2.45) is 5.92 Å². The predicted molar refractivity (Wildman–Crippen MR) is 428 cm³/mol. The van der Waals surface area contributed by atoms with Crippen LogP contribution in [-0.4, -0.2) is 96.7 Å². The highest BCUT2D eigenvalue weighted by Crippen LogP contribution is 2.45. The first-order valence-electron chi connectivity index (χ1n) is 44.1. The van der Waals surface area contributed by atoms with Crippen molar-refractivity contribution in [2.75, 3.05) is 39.6 Å². The van der Waals surface area contributed by atoms with E-state index in [-0.39, 0.29) is 25.7 Å². The van der Waals surface area contributed by atoms with Crippen LogP contribution in [0.3, 0.4) is 0 Å². The molecule has 19 heteroatoms. The number of hydrogen-bond donors (Lipinski definition) is 3. The van der Waals surface area contributed by atoms with Crippen LogP contribution >= 0.6 is 15.6 Å². The number of ether oxygens (including phenoxy) is 4. The minimum atomic E-state index is -4.96. The van der Waals surface area contributed by atoms with E-state index in [4.69, 9.17) is 37.0 Å². The lowest BCUT2D eigenvalue weighted by molar-refractivity contribution is -0.161. The summed E-state index contributed by atoms with van der Waals surface area (Å²) in [7, 11) is -9.91. The Hall–Kier alpha value is -1.94. The number of rotatable bonds is 85. The van der Waals surface area contributed by atoms with Crippen molar-refractivity contribution in [3.05, 3.63) is 0 Å². The second kappa shape index (κ2) is 77.8. The summed E-state index contributed by atoms with van der Waals surface area (Å²) in [6, 6.07) is 0. The summed E-state index contributed by atoms with van der Waals surface area (Å²) >= 11 is 0. The number of carbonyl (C=O) groups excluding carboxylic acids is 4. The van der Waals surface area contributed by atoms with Gasteiger partial charge >= 0.3 is 39.5 Å². The zero-order valence-corrected chi connectivity index (χ0v) is 70.0. The summed E-state index contributed by atoms with van der Waals surface area (Å²) in [6.07, 6.45) is 71.4. The van der Waals surface area contributed by atoms with Gasteiger partial charge in [0.05, 0.1) is 26.4 Å². The molecule has 3 N–H and O–H groups in total. The van der Waals surface area contributed by atoms with Crippen LogP contribution in [0.25, 0.3) is 0 Å². The lowest BCUT2D eigenvalue weighted by atomic mass is 10.0. The highest BCUT2D eigenvalue weighted by atomic mass is 31.2. The Bertz CT molecular complexity index is 1980. The second-order valence-corrected chi connectivity index (χ2v) is 34.0. The van der Waals surface area contributed by atoms with Crippen LogP contribution in [0.1, 0.15) is 458 Å². The van der Waals surface area contributed by atoms with Gasteiger partial charge in [0.2, 0.25) is 0 Å². The number of aliphatic hydroxyl groups excluding tert-OH is 1. The van der Waals surface area contributed by atoms with Crippen LogP contribution in [0.4, 0.5) is 0 Å². The van der Waals surface area contributed by atoms with Crippen molar-refractivity contribution < 1.29 is 80.2 Å². The smallest absolute Gasteiger partial charge is 0.462 e. The predicted octanol–water partition coefficient (Wildman–Crippen LogP) is 26.0. The van der Waals surface area contributed by atoms with Gasteiger partial charge in [-0.1, -0.05) is 407 Å². The molecule has 0 fully saturated rings. The Morgan fingerprint density at radius 3 is 0.654 bits per heavy atom. The standard InChI is InChI=1S/C85H166O17P2/c1-6-9-12-15-17-19-21-23-25-27-29-34-38-42-46-50-54-59-64-69-83(88)96-75-81(102-85(90)71-66-61-56-52-48-44-40-36-32-31-33-37-41-45-49-53-58-62-67-78(4)5)77-100-104(93,94)98-73-79(86)72-97-103(91,92)99-76-80(74-95-82(87)68-63-57-14-11-8-3)101-84(89)70-65-60-55-51-47-43-39-35-30-28-26-24-22-20-18-16-13-10-7-2/h78-81,86H,6-77H2,1-5H3,(H,91,92)(H,93,94)/t79-,80+,81+/m0/s1. The van der Waals surface area contributed by atoms with Crippen LogP contribution in [0, 0.1) is 5.92 Å². The molecule has 0 spiro atoms. The third kappa shape index (κ3) is 78.2. The van der Waals surface area contributed by atoms with Crippen LogP contribution < -0.4 is 0 Å².